The summed E-state index contributed by atoms with van der Waals surface area (Å²) in [5, 5.41) is 9.51. The molecule has 0 atom stereocenters. The van der Waals surface area contributed by atoms with Crippen LogP contribution in [0, 0.1) is 16.7 Å². The van der Waals surface area contributed by atoms with Gasteiger partial charge in [0, 0.05) is 11.8 Å². The summed E-state index contributed by atoms with van der Waals surface area (Å²) in [5.74, 6) is 0. The zero-order valence-corrected chi connectivity index (χ0v) is 12.4. The van der Waals surface area contributed by atoms with Crippen molar-refractivity contribution >= 4 is 5.57 Å². The van der Waals surface area contributed by atoms with E-state index in [2.05, 4.69) is 43.1 Å². The maximum atomic E-state index is 9.51. The Kier molecular flexibility index (Phi) is 3.35. The Morgan fingerprint density at radius 2 is 2.10 bits per heavy atom. The highest BCUT2D eigenvalue weighted by molar-refractivity contribution is 5.88. The fourth-order valence-corrected chi connectivity index (χ4v) is 3.00. The molecular weight excluding hydrogens is 256 g/mol. The van der Waals surface area contributed by atoms with Crippen LogP contribution in [0.25, 0.3) is 5.57 Å². The van der Waals surface area contributed by atoms with Gasteiger partial charge in [-0.25, -0.2) is 0 Å². The maximum Gasteiger partial charge on any atom is 0.0998 e. The average Bonchev–Trinajstić information content (AvgIpc) is 2.65. The number of hydrogen-bond acceptors (Lipinski definition) is 2. The summed E-state index contributed by atoms with van der Waals surface area (Å²) in [5.41, 5.74) is 5.28. The first-order chi connectivity index (χ1) is 10.1. The van der Waals surface area contributed by atoms with Crippen LogP contribution in [0.5, 0.6) is 0 Å². The van der Waals surface area contributed by atoms with E-state index >= 15 is 0 Å². The first kappa shape index (κ1) is 13.6. The van der Waals surface area contributed by atoms with Crippen LogP contribution < -0.4 is 0 Å². The summed E-state index contributed by atoms with van der Waals surface area (Å²) in [6.45, 7) is 4.49. The standard InChI is InChI=1S/C19H18N2/c1-19(2)10-9-16-14(12-19)6-5-7-15(13-20)18(16)17-8-3-4-11-21-17/h3-5,7-11H,6,12H2,1-2H3. The van der Waals surface area contributed by atoms with Crippen LogP contribution in [0.15, 0.2) is 65.4 Å². The quantitative estimate of drug-likeness (QED) is 0.750. The van der Waals surface area contributed by atoms with Crippen molar-refractivity contribution in [1.82, 2.24) is 4.98 Å². The predicted molar refractivity (Wildman–Crippen MR) is 85.1 cm³/mol. The molecular formula is C19H18N2. The zero-order chi connectivity index (χ0) is 14.9. The second kappa shape index (κ2) is 5.18. The lowest BCUT2D eigenvalue weighted by Gasteiger charge is -2.28. The smallest absolute Gasteiger partial charge is 0.0998 e. The molecule has 0 N–H and O–H groups in total. The van der Waals surface area contributed by atoms with Crippen molar-refractivity contribution in [3.8, 4) is 6.07 Å². The highest BCUT2D eigenvalue weighted by Gasteiger charge is 2.26. The van der Waals surface area contributed by atoms with Crippen molar-refractivity contribution < 1.29 is 0 Å². The van der Waals surface area contributed by atoms with Crippen molar-refractivity contribution in [3.05, 3.63) is 71.1 Å². The third kappa shape index (κ3) is 2.60. The van der Waals surface area contributed by atoms with E-state index in [4.69, 9.17) is 0 Å². The summed E-state index contributed by atoms with van der Waals surface area (Å²) in [6, 6.07) is 8.18. The van der Waals surface area contributed by atoms with E-state index in [0.717, 1.165) is 24.1 Å². The lowest BCUT2D eigenvalue weighted by atomic mass is 9.76. The molecule has 21 heavy (non-hydrogen) atoms. The van der Waals surface area contributed by atoms with Crippen molar-refractivity contribution in [2.75, 3.05) is 0 Å². The number of allylic oxidation sites excluding steroid dienone is 8. The van der Waals surface area contributed by atoms with Gasteiger partial charge < -0.3 is 0 Å². The first-order valence-electron chi connectivity index (χ1n) is 7.25. The molecule has 0 saturated heterocycles. The highest BCUT2D eigenvalue weighted by atomic mass is 14.7. The fourth-order valence-electron chi connectivity index (χ4n) is 3.00. The third-order valence-electron chi connectivity index (χ3n) is 3.98. The second-order valence-electron chi connectivity index (χ2n) is 6.24. The lowest BCUT2D eigenvalue weighted by Crippen LogP contribution is -2.14. The molecule has 0 unspecified atom stereocenters. The summed E-state index contributed by atoms with van der Waals surface area (Å²) in [4.78, 5) is 4.46. The van der Waals surface area contributed by atoms with Crippen LogP contribution in [0.4, 0.5) is 0 Å². The number of pyridine rings is 1. The number of hydrogen-bond donors (Lipinski definition) is 0. The van der Waals surface area contributed by atoms with Gasteiger partial charge in [-0.3, -0.25) is 4.98 Å². The molecule has 0 aromatic carbocycles. The minimum absolute atomic E-state index is 0.180. The van der Waals surface area contributed by atoms with E-state index < -0.39 is 0 Å². The molecule has 1 aromatic heterocycles. The number of rotatable bonds is 1. The molecule has 0 fully saturated rings. The largest absolute Gasteiger partial charge is 0.256 e. The number of nitrogens with zero attached hydrogens (tertiary/aromatic N) is 2. The maximum absolute atomic E-state index is 9.51. The first-order valence-corrected chi connectivity index (χ1v) is 7.25. The third-order valence-corrected chi connectivity index (χ3v) is 3.98. The molecule has 2 nitrogen and oxygen atoms in total. The Hall–Kier alpha value is -2.40. The van der Waals surface area contributed by atoms with Gasteiger partial charge in [0.05, 0.1) is 17.3 Å². The van der Waals surface area contributed by atoms with E-state index in [1.54, 1.807) is 6.20 Å². The van der Waals surface area contributed by atoms with Gasteiger partial charge in [0.15, 0.2) is 0 Å². The second-order valence-corrected chi connectivity index (χ2v) is 6.24. The SMILES string of the molecule is CC1(C)C=CC2=C(CC=CC(C#N)=C2c2ccccn2)C1. The minimum Gasteiger partial charge on any atom is -0.256 e. The Labute approximate surface area is 125 Å². The molecule has 2 heteroatoms. The molecule has 2 aliphatic carbocycles. The predicted octanol–water partition coefficient (Wildman–Crippen LogP) is 4.60. The van der Waals surface area contributed by atoms with Crippen LogP contribution in [0.3, 0.4) is 0 Å². The fraction of sp³-hybridized carbons (Fsp3) is 0.263. The van der Waals surface area contributed by atoms with Gasteiger partial charge in [0.25, 0.3) is 0 Å². The van der Waals surface area contributed by atoms with Crippen LogP contribution in [-0.4, -0.2) is 4.98 Å². The topological polar surface area (TPSA) is 36.7 Å². The summed E-state index contributed by atoms with van der Waals surface area (Å²) in [7, 11) is 0. The molecule has 0 radical (unpaired) electrons. The van der Waals surface area contributed by atoms with E-state index in [1.165, 1.54) is 11.1 Å². The number of aromatic nitrogens is 1. The minimum atomic E-state index is 0.180. The summed E-state index contributed by atoms with van der Waals surface area (Å²) in [6.07, 6.45) is 12.2. The molecule has 0 saturated carbocycles. The van der Waals surface area contributed by atoms with E-state index in [-0.39, 0.29) is 5.41 Å². The van der Waals surface area contributed by atoms with Crippen molar-refractivity contribution in [2.24, 2.45) is 5.41 Å². The molecule has 3 rings (SSSR count). The van der Waals surface area contributed by atoms with E-state index in [9.17, 15) is 5.26 Å². The average molecular weight is 274 g/mol. The zero-order valence-electron chi connectivity index (χ0n) is 12.4. The van der Waals surface area contributed by atoms with Gasteiger partial charge in [0.1, 0.15) is 0 Å². The number of nitriles is 1. The van der Waals surface area contributed by atoms with Gasteiger partial charge in [0.2, 0.25) is 0 Å². The molecule has 1 aromatic rings. The monoisotopic (exact) mass is 274 g/mol. The van der Waals surface area contributed by atoms with Gasteiger partial charge in [-0.1, -0.05) is 43.7 Å². The molecule has 0 aliphatic heterocycles. The Bertz CT molecular complexity index is 723. The normalized spacial score (nSPS) is 20.0. The molecule has 1 heterocycles. The van der Waals surface area contributed by atoms with Crippen molar-refractivity contribution in [2.45, 2.75) is 26.7 Å². The van der Waals surface area contributed by atoms with E-state index in [1.807, 2.05) is 24.3 Å². The summed E-state index contributed by atoms with van der Waals surface area (Å²) < 4.78 is 0. The van der Waals surface area contributed by atoms with E-state index in [0.29, 0.717) is 5.57 Å². The molecule has 104 valence electrons. The van der Waals surface area contributed by atoms with Crippen LogP contribution in [0.2, 0.25) is 0 Å². The van der Waals surface area contributed by atoms with Crippen LogP contribution >= 0.6 is 0 Å². The van der Waals surface area contributed by atoms with Crippen LogP contribution in [-0.2, 0) is 0 Å². The Morgan fingerprint density at radius 3 is 2.81 bits per heavy atom. The Morgan fingerprint density at radius 1 is 1.24 bits per heavy atom. The highest BCUT2D eigenvalue weighted by Crippen LogP contribution is 2.42. The van der Waals surface area contributed by atoms with Gasteiger partial charge in [-0.15, -0.1) is 0 Å². The van der Waals surface area contributed by atoms with Gasteiger partial charge >= 0.3 is 0 Å². The molecule has 0 amide bonds. The molecule has 2 aliphatic rings. The van der Waals surface area contributed by atoms with Crippen LogP contribution in [0.1, 0.15) is 32.4 Å². The van der Waals surface area contributed by atoms with Crippen molar-refractivity contribution in [3.63, 3.8) is 0 Å². The molecule has 0 bridgehead atoms. The summed E-state index contributed by atoms with van der Waals surface area (Å²) >= 11 is 0. The molecule has 0 spiro atoms. The lowest BCUT2D eigenvalue weighted by molar-refractivity contribution is 0.465. The van der Waals surface area contributed by atoms with Crippen molar-refractivity contribution in [1.29, 1.82) is 5.26 Å². The Balaban J connectivity index is 2.21. The van der Waals surface area contributed by atoms with Gasteiger partial charge in [-0.05, 0) is 42.0 Å². The van der Waals surface area contributed by atoms with Gasteiger partial charge in [-0.2, -0.15) is 5.26 Å².